The van der Waals surface area contributed by atoms with Crippen molar-refractivity contribution in [3.8, 4) is 16.9 Å². The van der Waals surface area contributed by atoms with E-state index in [1.165, 1.54) is 30.3 Å². The van der Waals surface area contributed by atoms with Gasteiger partial charge in [0.1, 0.15) is 17.1 Å². The smallest absolute Gasteiger partial charge is 0.345 e. The summed E-state index contributed by atoms with van der Waals surface area (Å²) >= 11 is 0. The second kappa shape index (κ2) is 14.3. The van der Waals surface area contributed by atoms with Gasteiger partial charge in [-0.2, -0.15) is 5.10 Å². The van der Waals surface area contributed by atoms with Crippen LogP contribution in [0.25, 0.3) is 34.0 Å². The molecule has 0 aliphatic carbocycles. The third-order valence-electron chi connectivity index (χ3n) is 7.46. The molecule has 0 atom stereocenters. The molecule has 13 heteroatoms. The van der Waals surface area contributed by atoms with Gasteiger partial charge in [-0.15, -0.1) is 0 Å². The molecular formula is C35H31N5O7S. The van der Waals surface area contributed by atoms with E-state index in [0.29, 0.717) is 35.3 Å². The van der Waals surface area contributed by atoms with Crippen molar-refractivity contribution in [2.45, 2.75) is 30.6 Å². The van der Waals surface area contributed by atoms with Crippen molar-refractivity contribution in [2.24, 2.45) is 4.99 Å². The normalized spacial score (nSPS) is 13.5. The first-order chi connectivity index (χ1) is 23.2. The van der Waals surface area contributed by atoms with Crippen molar-refractivity contribution in [1.29, 1.82) is 0 Å². The maximum Gasteiger partial charge on any atom is 0.345 e. The molecule has 6 rings (SSSR count). The van der Waals surface area contributed by atoms with Crippen LogP contribution in [0.3, 0.4) is 0 Å². The lowest BCUT2D eigenvalue weighted by molar-refractivity contribution is -0.142. The van der Waals surface area contributed by atoms with E-state index in [4.69, 9.17) is 9.15 Å². The molecule has 3 heterocycles. The van der Waals surface area contributed by atoms with Gasteiger partial charge in [-0.05, 0) is 61.4 Å². The van der Waals surface area contributed by atoms with E-state index in [-0.39, 0.29) is 21.8 Å². The zero-order valence-corrected chi connectivity index (χ0v) is 26.5. The molecule has 48 heavy (non-hydrogen) atoms. The highest BCUT2D eigenvalue weighted by atomic mass is 32.2. The Kier molecular flexibility index (Phi) is 9.57. The van der Waals surface area contributed by atoms with Gasteiger partial charge < -0.3 is 14.5 Å². The van der Waals surface area contributed by atoms with E-state index in [1.54, 1.807) is 29.1 Å². The number of ether oxygens (including phenoxy) is 1. The number of carbonyl (C=O) groups excluding carboxylic acids is 2. The molecule has 5 aromatic rings. The Morgan fingerprint density at radius 1 is 0.958 bits per heavy atom. The van der Waals surface area contributed by atoms with Crippen molar-refractivity contribution in [3.63, 3.8) is 0 Å². The first-order valence-electron chi connectivity index (χ1n) is 15.2. The van der Waals surface area contributed by atoms with Crippen molar-refractivity contribution in [1.82, 2.24) is 14.5 Å². The number of fused-ring (bicyclic) bond motifs is 1. The molecule has 0 fully saturated rings. The van der Waals surface area contributed by atoms with Crippen LogP contribution in [0.15, 0.2) is 116 Å². The van der Waals surface area contributed by atoms with Crippen LogP contribution in [0, 0.1) is 0 Å². The molecule has 0 spiro atoms. The molecule has 2 N–H and O–H groups in total. The summed E-state index contributed by atoms with van der Waals surface area (Å²) in [5.74, 6) is -1.07. The zero-order valence-electron chi connectivity index (χ0n) is 25.7. The number of carbonyl (C=O) groups is 2. The van der Waals surface area contributed by atoms with Gasteiger partial charge in [0.15, 0.2) is 6.61 Å². The quantitative estimate of drug-likeness (QED) is 0.125. The topological polar surface area (TPSA) is 162 Å². The second-order valence-electron chi connectivity index (χ2n) is 11.0. The highest BCUT2D eigenvalue weighted by molar-refractivity contribution is 7.90. The number of hydrogen-bond acceptors (Lipinski definition) is 9. The molecule has 1 aliphatic heterocycles. The van der Waals surface area contributed by atoms with Gasteiger partial charge >= 0.3 is 11.6 Å². The van der Waals surface area contributed by atoms with Gasteiger partial charge in [0.25, 0.3) is 15.9 Å². The first-order valence-corrected chi connectivity index (χ1v) is 16.7. The predicted molar refractivity (Wildman–Crippen MR) is 181 cm³/mol. The molecule has 1 amide bonds. The Morgan fingerprint density at radius 2 is 1.77 bits per heavy atom. The van der Waals surface area contributed by atoms with Gasteiger partial charge in [0, 0.05) is 41.9 Å². The van der Waals surface area contributed by atoms with Gasteiger partial charge in [-0.1, -0.05) is 48.9 Å². The standard InChI is InChI=1S/C35H31N5O7S/c41-32(37-26-11-9-14-28(21-26)48(44,45)39-31-16-5-2-8-19-36-31)23-46-33(42)18-17-25-22-40(27-12-3-1-4-13-27)38-34(25)29-20-24-10-6-7-15-30(24)47-35(29)43/h1,3-4,6-7,9-15,17-18,20-22H,2,5,8,16,19,23H2,(H,36,39)(H,37,41)/b18-17+. The summed E-state index contributed by atoms with van der Waals surface area (Å²) in [7, 11) is -3.91. The monoisotopic (exact) mass is 665 g/mol. The van der Waals surface area contributed by atoms with E-state index in [0.717, 1.165) is 31.0 Å². The van der Waals surface area contributed by atoms with Crippen LogP contribution >= 0.6 is 0 Å². The number of sulfonamides is 1. The van der Waals surface area contributed by atoms with Crippen LogP contribution in [0.4, 0.5) is 5.69 Å². The Hall–Kier alpha value is -5.82. The van der Waals surface area contributed by atoms with E-state index in [2.05, 4.69) is 20.1 Å². The van der Waals surface area contributed by atoms with Crippen LogP contribution < -0.4 is 15.7 Å². The van der Waals surface area contributed by atoms with Gasteiger partial charge in [0.05, 0.1) is 16.1 Å². The molecule has 12 nitrogen and oxygen atoms in total. The lowest BCUT2D eigenvalue weighted by Crippen LogP contribution is -2.30. The number of para-hydroxylation sites is 2. The SMILES string of the molecule is O=C(COC(=O)/C=C/c1cn(-c2ccccc2)nc1-c1cc2ccccc2oc1=O)Nc1cccc(S(=O)(=O)NC2=NCCCCC2)c1. The molecule has 0 unspecified atom stereocenters. The van der Waals surface area contributed by atoms with E-state index in [9.17, 15) is 22.8 Å². The molecule has 0 saturated heterocycles. The number of anilines is 1. The van der Waals surface area contributed by atoms with Crippen LogP contribution in [0.2, 0.25) is 0 Å². The van der Waals surface area contributed by atoms with E-state index in [1.807, 2.05) is 42.5 Å². The number of nitrogens with one attached hydrogen (secondary N) is 2. The largest absolute Gasteiger partial charge is 0.452 e. The Bertz CT molecular complexity index is 2210. The Labute approximate surface area is 275 Å². The number of amidine groups is 1. The lowest BCUT2D eigenvalue weighted by atomic mass is 10.1. The zero-order chi connectivity index (χ0) is 33.5. The molecule has 244 valence electrons. The Morgan fingerprint density at radius 3 is 2.62 bits per heavy atom. The third kappa shape index (κ3) is 7.76. The molecule has 0 radical (unpaired) electrons. The highest BCUT2D eigenvalue weighted by Gasteiger charge is 2.19. The number of aliphatic imine (C=N–C) groups is 1. The molecular weight excluding hydrogens is 634 g/mol. The fourth-order valence-electron chi connectivity index (χ4n) is 5.11. The van der Waals surface area contributed by atoms with Crippen molar-refractivity contribution < 1.29 is 27.2 Å². The Balaban J connectivity index is 1.14. The summed E-state index contributed by atoms with van der Waals surface area (Å²) in [5.41, 5.74) is 1.71. The molecule has 1 aliphatic rings. The molecule has 2 aromatic heterocycles. The van der Waals surface area contributed by atoms with Crippen LogP contribution in [0.1, 0.15) is 31.2 Å². The predicted octanol–water partition coefficient (Wildman–Crippen LogP) is 5.09. The second-order valence-corrected chi connectivity index (χ2v) is 12.6. The number of hydrogen-bond donors (Lipinski definition) is 2. The number of rotatable bonds is 9. The van der Waals surface area contributed by atoms with Crippen molar-refractivity contribution in [3.05, 3.63) is 113 Å². The average molecular weight is 666 g/mol. The van der Waals surface area contributed by atoms with Crippen molar-refractivity contribution in [2.75, 3.05) is 18.5 Å². The van der Waals surface area contributed by atoms with Gasteiger partial charge in [-0.3, -0.25) is 14.5 Å². The fraction of sp³-hybridized carbons (Fsp3) is 0.171. The summed E-state index contributed by atoms with van der Waals surface area (Å²) in [6.45, 7) is -0.0539. The minimum atomic E-state index is -3.91. The minimum absolute atomic E-state index is 0.0421. The highest BCUT2D eigenvalue weighted by Crippen LogP contribution is 2.26. The number of amides is 1. The first kappa shape index (κ1) is 32.1. The summed E-state index contributed by atoms with van der Waals surface area (Å²) in [6.07, 6.45) is 7.53. The summed E-state index contributed by atoms with van der Waals surface area (Å²) in [4.78, 5) is 42.5. The maximum atomic E-state index is 13.0. The third-order valence-corrected chi connectivity index (χ3v) is 8.84. The number of aromatic nitrogens is 2. The van der Waals surface area contributed by atoms with Crippen molar-refractivity contribution >= 4 is 50.5 Å². The van der Waals surface area contributed by atoms with E-state index >= 15 is 0 Å². The summed E-state index contributed by atoms with van der Waals surface area (Å²) < 4.78 is 40.6. The maximum absolute atomic E-state index is 13.0. The number of benzene rings is 3. The molecule has 0 saturated carbocycles. The van der Waals surface area contributed by atoms with Crippen LogP contribution in [-0.4, -0.2) is 49.1 Å². The van der Waals surface area contributed by atoms with E-state index < -0.39 is 34.1 Å². The lowest BCUT2D eigenvalue weighted by Gasteiger charge is -2.11. The molecule has 0 bridgehead atoms. The van der Waals surface area contributed by atoms with Crippen LogP contribution in [0.5, 0.6) is 0 Å². The molecule has 3 aromatic carbocycles. The number of nitrogens with zero attached hydrogens (tertiary/aromatic N) is 3. The van der Waals surface area contributed by atoms with Gasteiger partial charge in [-0.25, -0.2) is 22.7 Å². The number of esters is 1. The van der Waals surface area contributed by atoms with Crippen LogP contribution in [-0.2, 0) is 24.3 Å². The van der Waals surface area contributed by atoms with Gasteiger partial charge in [0.2, 0.25) is 0 Å². The summed E-state index contributed by atoms with van der Waals surface area (Å²) in [5, 5.41) is 7.87. The minimum Gasteiger partial charge on any atom is -0.452 e. The summed E-state index contributed by atoms with van der Waals surface area (Å²) in [6, 6.07) is 23.8. The fourth-order valence-corrected chi connectivity index (χ4v) is 6.25. The average Bonchev–Trinajstić information content (AvgIpc) is 3.35.